The molecule has 3 rings (SSSR count). The first kappa shape index (κ1) is 15.9. The molecule has 2 aromatic heterocycles. The number of nitrogens with one attached hydrogen (secondary N) is 2. The topological polar surface area (TPSA) is 83.9 Å². The van der Waals surface area contributed by atoms with E-state index in [1.165, 1.54) is 4.68 Å². The lowest BCUT2D eigenvalue weighted by Crippen LogP contribution is -1.94. The standard InChI is InChI=1S/C16H16N6OS/c1-11-10-13(19-18-11)15-20-21-16(24)22(15)17-9-5-7-12-6-3-4-8-14(12)23-2/h3-10H,1-2H3,(H,18,19)(H,21,24)/b7-5+,17-9+. The highest BCUT2D eigenvalue weighted by Gasteiger charge is 2.10. The lowest BCUT2D eigenvalue weighted by Gasteiger charge is -2.02. The molecule has 0 saturated heterocycles. The number of aromatic amines is 2. The van der Waals surface area contributed by atoms with Crippen LogP contribution in [0.4, 0.5) is 0 Å². The first-order chi connectivity index (χ1) is 11.7. The predicted octanol–water partition coefficient (Wildman–Crippen LogP) is 3.20. The third-order valence-corrected chi connectivity index (χ3v) is 3.53. The van der Waals surface area contributed by atoms with Crippen molar-refractivity contribution in [2.45, 2.75) is 6.92 Å². The van der Waals surface area contributed by atoms with E-state index in [4.69, 9.17) is 17.0 Å². The Bertz CT molecular complexity index is 949. The minimum absolute atomic E-state index is 0.396. The van der Waals surface area contributed by atoms with E-state index < -0.39 is 0 Å². The number of allylic oxidation sites excluding steroid dienone is 1. The number of hydrogen-bond donors (Lipinski definition) is 2. The molecule has 122 valence electrons. The molecule has 2 heterocycles. The van der Waals surface area contributed by atoms with Gasteiger partial charge >= 0.3 is 0 Å². The van der Waals surface area contributed by atoms with Crippen LogP contribution in [-0.2, 0) is 0 Å². The fourth-order valence-corrected chi connectivity index (χ4v) is 2.33. The molecule has 8 heteroatoms. The molecule has 0 bridgehead atoms. The molecule has 0 aliphatic carbocycles. The van der Waals surface area contributed by atoms with Crippen molar-refractivity contribution in [2.24, 2.45) is 5.10 Å². The summed E-state index contributed by atoms with van der Waals surface area (Å²) in [5, 5.41) is 18.3. The van der Waals surface area contributed by atoms with Crippen LogP contribution in [-0.4, -0.2) is 38.4 Å². The number of hydrogen-bond acceptors (Lipinski definition) is 5. The number of H-pyrrole nitrogens is 2. The van der Waals surface area contributed by atoms with E-state index in [0.717, 1.165) is 17.0 Å². The second-order valence-electron chi connectivity index (χ2n) is 4.97. The Labute approximate surface area is 143 Å². The predicted molar refractivity (Wildman–Crippen MR) is 95.6 cm³/mol. The average molecular weight is 340 g/mol. The van der Waals surface area contributed by atoms with Crippen LogP contribution in [0.15, 0.2) is 41.5 Å². The van der Waals surface area contributed by atoms with E-state index in [1.807, 2.05) is 49.4 Å². The monoisotopic (exact) mass is 340 g/mol. The number of methoxy groups -OCH3 is 1. The smallest absolute Gasteiger partial charge is 0.216 e. The van der Waals surface area contributed by atoms with Crippen molar-refractivity contribution >= 4 is 24.5 Å². The highest BCUT2D eigenvalue weighted by atomic mass is 32.1. The maximum absolute atomic E-state index is 5.30. The molecule has 0 aliphatic rings. The second kappa shape index (κ2) is 7.05. The van der Waals surface area contributed by atoms with Crippen LogP contribution in [0.3, 0.4) is 0 Å². The van der Waals surface area contributed by atoms with E-state index >= 15 is 0 Å². The maximum Gasteiger partial charge on any atom is 0.216 e. The summed E-state index contributed by atoms with van der Waals surface area (Å²) in [4.78, 5) is 0. The van der Waals surface area contributed by atoms with Crippen molar-refractivity contribution in [1.29, 1.82) is 0 Å². The van der Waals surface area contributed by atoms with Crippen molar-refractivity contribution in [1.82, 2.24) is 25.1 Å². The van der Waals surface area contributed by atoms with Gasteiger partial charge in [-0.3, -0.25) is 5.10 Å². The number of para-hydroxylation sites is 1. The Morgan fingerprint density at radius 2 is 2.08 bits per heavy atom. The molecule has 3 aromatic rings. The zero-order chi connectivity index (χ0) is 16.9. The second-order valence-corrected chi connectivity index (χ2v) is 5.35. The number of aromatic nitrogens is 5. The largest absolute Gasteiger partial charge is 0.496 e. The highest BCUT2D eigenvalue weighted by Crippen LogP contribution is 2.18. The SMILES string of the molecule is COc1ccccc1/C=C/C=N/n1c(-c2cc(C)[nH]n2)n[nH]c1=S. The molecular weight excluding hydrogens is 324 g/mol. The third-order valence-electron chi connectivity index (χ3n) is 3.27. The van der Waals surface area contributed by atoms with E-state index in [0.29, 0.717) is 16.3 Å². The Balaban J connectivity index is 1.84. The molecule has 0 radical (unpaired) electrons. The van der Waals surface area contributed by atoms with Gasteiger partial charge in [-0.2, -0.15) is 20.0 Å². The summed E-state index contributed by atoms with van der Waals surface area (Å²) in [6, 6.07) is 9.62. The van der Waals surface area contributed by atoms with E-state index in [9.17, 15) is 0 Å². The summed E-state index contributed by atoms with van der Waals surface area (Å²) in [7, 11) is 1.64. The van der Waals surface area contributed by atoms with Gasteiger partial charge in [-0.15, -0.1) is 0 Å². The minimum Gasteiger partial charge on any atom is -0.496 e. The van der Waals surface area contributed by atoms with E-state index in [2.05, 4.69) is 25.5 Å². The Morgan fingerprint density at radius 1 is 1.25 bits per heavy atom. The highest BCUT2D eigenvalue weighted by molar-refractivity contribution is 7.71. The molecule has 0 saturated carbocycles. The van der Waals surface area contributed by atoms with Crippen LogP contribution in [0.25, 0.3) is 17.6 Å². The summed E-state index contributed by atoms with van der Waals surface area (Å²) >= 11 is 5.21. The van der Waals surface area contributed by atoms with Gasteiger partial charge in [0.25, 0.3) is 0 Å². The third kappa shape index (κ3) is 3.33. The Hall–Kier alpha value is -3.00. The van der Waals surface area contributed by atoms with Gasteiger partial charge in [0.15, 0.2) is 0 Å². The van der Waals surface area contributed by atoms with Gasteiger partial charge in [-0.25, -0.2) is 5.10 Å². The summed E-state index contributed by atoms with van der Waals surface area (Å²) in [5.74, 6) is 1.35. The van der Waals surface area contributed by atoms with Gasteiger partial charge in [-0.05, 0) is 43.4 Å². The van der Waals surface area contributed by atoms with E-state index in [-0.39, 0.29) is 0 Å². The molecule has 2 N–H and O–H groups in total. The summed E-state index contributed by atoms with van der Waals surface area (Å²) < 4.78 is 7.22. The van der Waals surface area contributed by atoms with Gasteiger partial charge in [0.05, 0.1) is 7.11 Å². The quantitative estimate of drug-likeness (QED) is 0.552. The fourth-order valence-electron chi connectivity index (χ4n) is 2.15. The van der Waals surface area contributed by atoms with Crippen molar-refractivity contribution in [3.63, 3.8) is 0 Å². The number of ether oxygens (including phenoxy) is 1. The van der Waals surface area contributed by atoms with Crippen LogP contribution in [0, 0.1) is 11.7 Å². The van der Waals surface area contributed by atoms with Crippen molar-refractivity contribution < 1.29 is 4.74 Å². The first-order valence-corrected chi connectivity index (χ1v) is 7.63. The molecule has 24 heavy (non-hydrogen) atoms. The zero-order valence-corrected chi connectivity index (χ0v) is 14.0. The van der Waals surface area contributed by atoms with Crippen molar-refractivity contribution in [3.8, 4) is 17.3 Å². The van der Waals surface area contributed by atoms with Crippen LogP contribution in [0.1, 0.15) is 11.3 Å². The van der Waals surface area contributed by atoms with Gasteiger partial charge < -0.3 is 4.74 Å². The molecular formula is C16H16N6OS. The average Bonchev–Trinajstić information content (AvgIpc) is 3.18. The number of rotatable bonds is 5. The molecule has 1 aromatic carbocycles. The fraction of sp³-hybridized carbons (Fsp3) is 0.125. The molecule has 0 spiro atoms. The van der Waals surface area contributed by atoms with Gasteiger partial charge in [0.2, 0.25) is 10.6 Å². The van der Waals surface area contributed by atoms with E-state index in [1.54, 1.807) is 13.3 Å². The van der Waals surface area contributed by atoms with Gasteiger partial charge in [-0.1, -0.05) is 18.2 Å². The maximum atomic E-state index is 5.30. The lowest BCUT2D eigenvalue weighted by atomic mass is 10.2. The summed E-state index contributed by atoms with van der Waals surface area (Å²) in [6.45, 7) is 1.92. The van der Waals surface area contributed by atoms with Gasteiger partial charge in [0.1, 0.15) is 11.4 Å². The Morgan fingerprint density at radius 3 is 2.83 bits per heavy atom. The van der Waals surface area contributed by atoms with Gasteiger partial charge in [0, 0.05) is 17.5 Å². The van der Waals surface area contributed by atoms with Crippen LogP contribution in [0.2, 0.25) is 0 Å². The summed E-state index contributed by atoms with van der Waals surface area (Å²) in [5.41, 5.74) is 2.57. The van der Waals surface area contributed by atoms with Crippen LogP contribution < -0.4 is 4.74 Å². The normalized spacial score (nSPS) is 11.6. The molecule has 0 fully saturated rings. The molecule has 0 amide bonds. The number of nitrogens with zero attached hydrogens (tertiary/aromatic N) is 4. The minimum atomic E-state index is 0.396. The van der Waals surface area contributed by atoms with Crippen LogP contribution >= 0.6 is 12.2 Å². The molecule has 0 atom stereocenters. The molecule has 0 aliphatic heterocycles. The van der Waals surface area contributed by atoms with Crippen molar-refractivity contribution in [3.05, 3.63) is 52.4 Å². The number of aryl methyl sites for hydroxylation is 1. The van der Waals surface area contributed by atoms with Crippen LogP contribution in [0.5, 0.6) is 5.75 Å². The van der Waals surface area contributed by atoms with Crippen molar-refractivity contribution in [2.75, 3.05) is 7.11 Å². The number of benzene rings is 1. The lowest BCUT2D eigenvalue weighted by molar-refractivity contribution is 0.414. The molecule has 0 unspecified atom stereocenters. The summed E-state index contributed by atoms with van der Waals surface area (Å²) in [6.07, 6.45) is 5.36. The molecule has 7 nitrogen and oxygen atoms in total. The Kier molecular flexibility index (Phi) is 4.66. The first-order valence-electron chi connectivity index (χ1n) is 7.23. The zero-order valence-electron chi connectivity index (χ0n) is 13.2.